The number of hydrogen-bond acceptors (Lipinski definition) is 5. The molecule has 0 saturated carbocycles. The number of para-hydroxylation sites is 1. The Morgan fingerprint density at radius 2 is 2.08 bits per heavy atom. The second kappa shape index (κ2) is 6.16. The molecule has 0 aliphatic carbocycles. The number of H-pyrrole nitrogens is 1. The molecule has 0 bridgehead atoms. The van der Waals surface area contributed by atoms with Crippen molar-refractivity contribution in [2.75, 3.05) is 6.54 Å². The molecule has 1 saturated heterocycles. The van der Waals surface area contributed by atoms with Crippen LogP contribution >= 0.6 is 11.3 Å². The molecular formula is C17H16N4O2S. The first-order valence-electron chi connectivity index (χ1n) is 7.94. The molecule has 122 valence electrons. The van der Waals surface area contributed by atoms with E-state index in [-0.39, 0.29) is 23.2 Å². The van der Waals surface area contributed by atoms with Crippen molar-refractivity contribution in [3.63, 3.8) is 0 Å². The summed E-state index contributed by atoms with van der Waals surface area (Å²) < 4.78 is 1.13. The van der Waals surface area contributed by atoms with E-state index in [1.54, 1.807) is 11.3 Å². The summed E-state index contributed by atoms with van der Waals surface area (Å²) in [6.07, 6.45) is 2.94. The van der Waals surface area contributed by atoms with Crippen molar-refractivity contribution in [1.29, 1.82) is 0 Å². The van der Waals surface area contributed by atoms with Gasteiger partial charge in [0.15, 0.2) is 0 Å². The number of amides is 1. The van der Waals surface area contributed by atoms with E-state index in [9.17, 15) is 9.59 Å². The van der Waals surface area contributed by atoms with E-state index in [0.29, 0.717) is 6.54 Å². The number of rotatable bonds is 2. The van der Waals surface area contributed by atoms with Gasteiger partial charge in [-0.2, -0.15) is 5.10 Å². The van der Waals surface area contributed by atoms with Gasteiger partial charge in [-0.1, -0.05) is 12.1 Å². The Bertz CT molecular complexity index is 895. The van der Waals surface area contributed by atoms with Gasteiger partial charge >= 0.3 is 0 Å². The fourth-order valence-electron chi connectivity index (χ4n) is 3.07. The van der Waals surface area contributed by atoms with Gasteiger partial charge in [0.2, 0.25) is 0 Å². The van der Waals surface area contributed by atoms with Crippen molar-refractivity contribution >= 4 is 27.5 Å². The smallest absolute Gasteiger partial charge is 0.274 e. The highest BCUT2D eigenvalue weighted by Crippen LogP contribution is 2.36. The van der Waals surface area contributed by atoms with Crippen molar-refractivity contribution in [3.8, 4) is 0 Å². The molecule has 1 amide bonds. The number of aromatic amines is 1. The van der Waals surface area contributed by atoms with Crippen LogP contribution in [0, 0.1) is 0 Å². The highest BCUT2D eigenvalue weighted by Gasteiger charge is 2.31. The molecule has 3 heterocycles. The van der Waals surface area contributed by atoms with Crippen molar-refractivity contribution in [2.45, 2.75) is 25.3 Å². The lowest BCUT2D eigenvalue weighted by Gasteiger charge is -2.34. The molecule has 3 aromatic rings. The number of thiazole rings is 1. The van der Waals surface area contributed by atoms with Crippen LogP contribution in [0.5, 0.6) is 0 Å². The monoisotopic (exact) mass is 340 g/mol. The van der Waals surface area contributed by atoms with Gasteiger partial charge in [-0.3, -0.25) is 9.59 Å². The number of fused-ring (bicyclic) bond motifs is 1. The first-order chi connectivity index (χ1) is 11.7. The molecule has 6 nitrogen and oxygen atoms in total. The number of carbonyl (C=O) groups excluding carboxylic acids is 1. The average Bonchev–Trinajstić information content (AvgIpc) is 3.06. The maximum Gasteiger partial charge on any atom is 0.274 e. The van der Waals surface area contributed by atoms with Gasteiger partial charge in [-0.25, -0.2) is 10.1 Å². The number of carbonyl (C=O) groups is 1. The van der Waals surface area contributed by atoms with E-state index < -0.39 is 0 Å². The highest BCUT2D eigenvalue weighted by atomic mass is 32.1. The molecule has 1 aromatic carbocycles. The molecule has 1 unspecified atom stereocenters. The molecule has 1 atom stereocenters. The van der Waals surface area contributed by atoms with Crippen molar-refractivity contribution < 1.29 is 4.79 Å². The standard InChI is InChI=1S/C17H16N4O2S/c22-15-9-8-12(19-20-15)17(23)21-10-4-3-6-13(21)16-18-11-5-1-2-7-14(11)24-16/h1-2,5,7-9,13H,3-4,6,10H2,(H,20,22). The predicted octanol–water partition coefficient (Wildman–Crippen LogP) is 2.75. The van der Waals surface area contributed by atoms with E-state index in [2.05, 4.69) is 16.3 Å². The van der Waals surface area contributed by atoms with Crippen LogP contribution in [0.25, 0.3) is 10.2 Å². The normalized spacial score (nSPS) is 18.0. The summed E-state index contributed by atoms with van der Waals surface area (Å²) in [6.45, 7) is 0.681. The van der Waals surface area contributed by atoms with Gasteiger partial charge in [-0.05, 0) is 37.5 Å². The Morgan fingerprint density at radius 1 is 1.21 bits per heavy atom. The molecule has 7 heteroatoms. The largest absolute Gasteiger partial charge is 0.328 e. The second-order valence-corrected chi connectivity index (χ2v) is 6.90. The number of piperidine rings is 1. The van der Waals surface area contributed by atoms with Crippen LogP contribution in [0.3, 0.4) is 0 Å². The third kappa shape index (κ3) is 2.71. The Labute approximate surface area is 142 Å². The summed E-state index contributed by atoms with van der Waals surface area (Å²) in [6, 6.07) is 10.8. The van der Waals surface area contributed by atoms with Crippen LogP contribution in [-0.4, -0.2) is 32.5 Å². The minimum absolute atomic E-state index is 0.0302. The number of nitrogens with one attached hydrogen (secondary N) is 1. The number of likely N-dealkylation sites (tertiary alicyclic amines) is 1. The average molecular weight is 340 g/mol. The topological polar surface area (TPSA) is 79.0 Å². The molecule has 24 heavy (non-hydrogen) atoms. The molecule has 1 aliphatic heterocycles. The molecule has 0 radical (unpaired) electrons. The molecular weight excluding hydrogens is 324 g/mol. The fourth-order valence-corrected chi connectivity index (χ4v) is 4.19. The van der Waals surface area contributed by atoms with Gasteiger partial charge < -0.3 is 4.90 Å². The van der Waals surface area contributed by atoms with Crippen LogP contribution < -0.4 is 5.56 Å². The van der Waals surface area contributed by atoms with Gasteiger partial charge in [-0.15, -0.1) is 11.3 Å². The van der Waals surface area contributed by atoms with E-state index in [4.69, 9.17) is 4.98 Å². The minimum Gasteiger partial charge on any atom is -0.328 e. The van der Waals surface area contributed by atoms with Crippen LogP contribution in [0.1, 0.15) is 40.8 Å². The quantitative estimate of drug-likeness (QED) is 0.778. The Morgan fingerprint density at radius 3 is 2.88 bits per heavy atom. The minimum atomic E-state index is -0.312. The van der Waals surface area contributed by atoms with E-state index in [1.807, 2.05) is 23.1 Å². The number of hydrogen-bond donors (Lipinski definition) is 1. The van der Waals surface area contributed by atoms with Crippen molar-refractivity contribution in [2.24, 2.45) is 0 Å². The molecule has 1 fully saturated rings. The summed E-state index contributed by atoms with van der Waals surface area (Å²) in [5, 5.41) is 7.17. The van der Waals surface area contributed by atoms with Crippen molar-refractivity contribution in [3.05, 3.63) is 57.5 Å². The van der Waals surface area contributed by atoms with Gasteiger partial charge in [0, 0.05) is 12.6 Å². The zero-order valence-corrected chi connectivity index (χ0v) is 13.8. The molecule has 1 aliphatic rings. The van der Waals surface area contributed by atoms with Crippen molar-refractivity contribution in [1.82, 2.24) is 20.1 Å². The third-order valence-corrected chi connectivity index (χ3v) is 5.40. The number of benzene rings is 1. The SMILES string of the molecule is O=C(c1ccc(=O)[nH]n1)N1CCCCC1c1nc2ccccc2s1. The zero-order valence-electron chi connectivity index (χ0n) is 12.9. The first-order valence-corrected chi connectivity index (χ1v) is 8.76. The molecule has 1 N–H and O–H groups in total. The zero-order chi connectivity index (χ0) is 16.5. The summed E-state index contributed by atoms with van der Waals surface area (Å²) in [4.78, 5) is 30.5. The summed E-state index contributed by atoms with van der Waals surface area (Å²) in [5.74, 6) is -0.157. The van der Waals surface area contributed by atoms with Gasteiger partial charge in [0.05, 0.1) is 16.3 Å². The number of nitrogens with zero attached hydrogens (tertiary/aromatic N) is 3. The maximum atomic E-state index is 12.8. The lowest BCUT2D eigenvalue weighted by Crippen LogP contribution is -2.39. The Hall–Kier alpha value is -2.54. The van der Waals surface area contributed by atoms with Crippen LogP contribution in [0.15, 0.2) is 41.2 Å². The van der Waals surface area contributed by atoms with Crippen LogP contribution in [0.2, 0.25) is 0 Å². The second-order valence-electron chi connectivity index (χ2n) is 5.84. The lowest BCUT2D eigenvalue weighted by molar-refractivity contribution is 0.0604. The third-order valence-electron chi connectivity index (χ3n) is 4.26. The molecule has 4 rings (SSSR count). The van der Waals surface area contributed by atoms with Crippen LogP contribution in [0.4, 0.5) is 0 Å². The van der Waals surface area contributed by atoms with E-state index in [1.165, 1.54) is 12.1 Å². The van der Waals surface area contributed by atoms with Gasteiger partial charge in [0.1, 0.15) is 10.7 Å². The van der Waals surface area contributed by atoms with E-state index >= 15 is 0 Å². The predicted molar refractivity (Wildman–Crippen MR) is 92.1 cm³/mol. The Balaban J connectivity index is 1.68. The van der Waals surface area contributed by atoms with Crippen LogP contribution in [-0.2, 0) is 0 Å². The summed E-state index contributed by atoms with van der Waals surface area (Å²) in [7, 11) is 0. The maximum absolute atomic E-state index is 12.8. The van der Waals surface area contributed by atoms with E-state index in [0.717, 1.165) is 34.5 Å². The summed E-state index contributed by atoms with van der Waals surface area (Å²) >= 11 is 1.64. The molecule has 0 spiro atoms. The van der Waals surface area contributed by atoms with Gasteiger partial charge in [0.25, 0.3) is 11.5 Å². The summed E-state index contributed by atoms with van der Waals surface area (Å²) in [5.41, 5.74) is 0.924. The molecule has 2 aromatic heterocycles. The number of aromatic nitrogens is 3. The fraction of sp³-hybridized carbons (Fsp3) is 0.294. The highest BCUT2D eigenvalue weighted by molar-refractivity contribution is 7.18. The Kier molecular flexibility index (Phi) is 3.86. The lowest BCUT2D eigenvalue weighted by atomic mass is 10.0. The first kappa shape index (κ1) is 15.0.